The van der Waals surface area contributed by atoms with E-state index in [1.165, 1.54) is 6.21 Å². The topological polar surface area (TPSA) is 132 Å². The molecule has 3 aromatic heterocycles. The molecule has 2 atom stereocenters. The lowest BCUT2D eigenvalue weighted by atomic mass is 9.97. The lowest BCUT2D eigenvalue weighted by Crippen LogP contribution is -2.51. The van der Waals surface area contributed by atoms with Gasteiger partial charge in [0.25, 0.3) is 0 Å². The molecule has 2 aliphatic rings. The van der Waals surface area contributed by atoms with E-state index < -0.39 is 13.7 Å². The fourth-order valence-electron chi connectivity index (χ4n) is 6.82. The highest BCUT2D eigenvalue weighted by Gasteiger charge is 2.42. The third-order valence-electron chi connectivity index (χ3n) is 8.95. The molecule has 2 bridgehead atoms. The molecule has 47 heavy (non-hydrogen) atoms. The molecular formula is C33H45ClN8O4Si. The summed E-state index contributed by atoms with van der Waals surface area (Å²) in [7, 11) is 0.520. The Morgan fingerprint density at radius 2 is 1.91 bits per heavy atom. The smallest absolute Gasteiger partial charge is 0.407 e. The lowest BCUT2D eigenvalue weighted by molar-refractivity contribution is 0.0492. The van der Waals surface area contributed by atoms with Gasteiger partial charge in [-0.2, -0.15) is 5.10 Å². The van der Waals surface area contributed by atoms with Crippen molar-refractivity contribution >= 4 is 59.9 Å². The number of nitrogens with zero attached hydrogens (tertiary/aromatic N) is 7. The van der Waals surface area contributed by atoms with E-state index in [0.717, 1.165) is 59.8 Å². The number of amides is 1. The molecule has 2 N–H and O–H groups in total. The number of rotatable bonds is 9. The van der Waals surface area contributed by atoms with Crippen LogP contribution in [0.2, 0.25) is 30.7 Å². The van der Waals surface area contributed by atoms with Crippen molar-refractivity contribution in [3.05, 3.63) is 35.2 Å². The van der Waals surface area contributed by atoms with E-state index in [1.807, 2.05) is 49.9 Å². The van der Waals surface area contributed by atoms with Crippen molar-refractivity contribution in [2.75, 3.05) is 11.5 Å². The molecule has 2 fully saturated rings. The van der Waals surface area contributed by atoms with Gasteiger partial charge in [0, 0.05) is 62.6 Å². The Hall–Kier alpha value is -3.68. The van der Waals surface area contributed by atoms with Crippen LogP contribution in [0.3, 0.4) is 0 Å². The Labute approximate surface area is 281 Å². The molecule has 6 rings (SSSR count). The van der Waals surface area contributed by atoms with Crippen LogP contribution in [0.4, 0.5) is 10.6 Å². The molecule has 1 amide bonds. The molecule has 2 saturated heterocycles. The highest BCUT2D eigenvalue weighted by atomic mass is 35.5. The minimum atomic E-state index is -1.27. The standard InChI is InChI=1S/C33H45ClN8O4Si/c1-33(2,3)46-32(43)37-20-14-21-8-9-22(15-20)42(21)27-17-35-30-24(18-41(31(30)38-27)19-45-12-13-47(5,6)7)23-10-11-25-28(29(23)34)26(16-36-44)40(4)39-25/h10-11,16-18,20-22,44H,8-9,12-15,19H2,1-7H3,(H,37,43)/b36-16+. The molecule has 1 aromatic carbocycles. The number of hydrogen-bond donors (Lipinski definition) is 2. The van der Waals surface area contributed by atoms with E-state index >= 15 is 0 Å². The van der Waals surface area contributed by atoms with E-state index in [-0.39, 0.29) is 24.2 Å². The van der Waals surface area contributed by atoms with E-state index in [1.54, 1.807) is 11.7 Å². The summed E-state index contributed by atoms with van der Waals surface area (Å²) in [6.45, 7) is 13.6. The van der Waals surface area contributed by atoms with Crippen LogP contribution in [-0.2, 0) is 23.3 Å². The van der Waals surface area contributed by atoms with E-state index in [4.69, 9.17) is 31.0 Å². The molecule has 5 heterocycles. The van der Waals surface area contributed by atoms with Crippen molar-refractivity contribution in [2.24, 2.45) is 12.2 Å². The molecule has 4 aromatic rings. The Morgan fingerprint density at radius 3 is 2.57 bits per heavy atom. The zero-order valence-electron chi connectivity index (χ0n) is 28.2. The number of benzene rings is 1. The van der Waals surface area contributed by atoms with Gasteiger partial charge in [-0.25, -0.2) is 14.8 Å². The van der Waals surface area contributed by atoms with Gasteiger partial charge >= 0.3 is 6.09 Å². The number of aryl methyl sites for hydroxylation is 1. The second-order valence-electron chi connectivity index (χ2n) is 14.9. The van der Waals surface area contributed by atoms with Gasteiger partial charge in [0.2, 0.25) is 0 Å². The minimum Gasteiger partial charge on any atom is -0.444 e. The van der Waals surface area contributed by atoms with Gasteiger partial charge in [-0.05, 0) is 58.6 Å². The molecule has 0 saturated carbocycles. The third-order valence-corrected chi connectivity index (χ3v) is 11.0. The summed E-state index contributed by atoms with van der Waals surface area (Å²) in [5, 5.41) is 21.3. The summed E-state index contributed by atoms with van der Waals surface area (Å²) in [6.07, 6.45) is 8.55. The van der Waals surface area contributed by atoms with Crippen LogP contribution in [0.15, 0.2) is 29.7 Å². The summed E-state index contributed by atoms with van der Waals surface area (Å²) in [6, 6.07) is 5.45. The number of nitrogens with one attached hydrogen (secondary N) is 1. The second-order valence-corrected chi connectivity index (χ2v) is 20.9. The molecular weight excluding hydrogens is 636 g/mol. The van der Waals surface area contributed by atoms with Crippen LogP contribution in [-0.4, -0.2) is 80.2 Å². The van der Waals surface area contributed by atoms with Crippen molar-refractivity contribution in [1.29, 1.82) is 0 Å². The number of ether oxygens (including phenoxy) is 2. The van der Waals surface area contributed by atoms with E-state index in [9.17, 15) is 10.0 Å². The van der Waals surface area contributed by atoms with Gasteiger partial charge in [-0.15, -0.1) is 0 Å². The van der Waals surface area contributed by atoms with Gasteiger partial charge in [-0.1, -0.05) is 42.5 Å². The Morgan fingerprint density at radius 1 is 1.19 bits per heavy atom. The average molecular weight is 681 g/mol. The summed E-state index contributed by atoms with van der Waals surface area (Å²) in [5.41, 5.74) is 3.81. The number of alkyl carbamates (subject to hydrolysis) is 1. The van der Waals surface area contributed by atoms with Crippen molar-refractivity contribution in [1.82, 2.24) is 29.6 Å². The maximum Gasteiger partial charge on any atom is 0.407 e. The highest BCUT2D eigenvalue weighted by molar-refractivity contribution is 6.76. The maximum atomic E-state index is 12.5. The zero-order valence-corrected chi connectivity index (χ0v) is 30.0. The second kappa shape index (κ2) is 12.7. The summed E-state index contributed by atoms with van der Waals surface area (Å²) in [4.78, 5) is 25.1. The van der Waals surface area contributed by atoms with Gasteiger partial charge in [0.05, 0.1) is 28.6 Å². The SMILES string of the molecule is Cn1nc2ccc(-c3cn(COCC[Si](C)(C)C)c4nc(N5C6CCC5CC(NC(=O)OC(C)(C)C)C6)cnc34)c(Cl)c2c1/C=N/O. The maximum absolute atomic E-state index is 12.5. The average Bonchev–Trinajstić information content (AvgIpc) is 3.58. The van der Waals surface area contributed by atoms with Gasteiger partial charge in [-0.3, -0.25) is 4.68 Å². The fourth-order valence-corrected chi connectivity index (χ4v) is 7.94. The highest BCUT2D eigenvalue weighted by Crippen LogP contribution is 2.42. The van der Waals surface area contributed by atoms with Crippen molar-refractivity contribution in [3.8, 4) is 11.1 Å². The molecule has 12 nitrogen and oxygen atoms in total. The minimum absolute atomic E-state index is 0.0517. The normalized spacial score (nSPS) is 20.2. The van der Waals surface area contributed by atoms with Crippen molar-refractivity contribution in [2.45, 2.75) is 103 Å². The van der Waals surface area contributed by atoms with Crippen LogP contribution in [0.25, 0.3) is 33.2 Å². The van der Waals surface area contributed by atoms with E-state index in [0.29, 0.717) is 35.0 Å². The quantitative estimate of drug-likeness (QED) is 0.0650. The van der Waals surface area contributed by atoms with Crippen LogP contribution in [0, 0.1) is 0 Å². The monoisotopic (exact) mass is 680 g/mol. The number of oxime groups is 1. The molecule has 14 heteroatoms. The largest absolute Gasteiger partial charge is 0.444 e. The predicted molar refractivity (Wildman–Crippen MR) is 187 cm³/mol. The number of halogens is 1. The number of piperidine rings is 1. The Kier molecular flexibility index (Phi) is 9.00. The first-order valence-corrected chi connectivity index (χ1v) is 20.4. The molecule has 252 valence electrons. The number of fused-ring (bicyclic) bond motifs is 4. The zero-order chi connectivity index (χ0) is 33.7. The van der Waals surface area contributed by atoms with Gasteiger partial charge < -0.3 is 29.5 Å². The predicted octanol–water partition coefficient (Wildman–Crippen LogP) is 6.78. The molecule has 0 radical (unpaired) electrons. The molecule has 2 aliphatic heterocycles. The van der Waals surface area contributed by atoms with Crippen LogP contribution in [0.1, 0.15) is 52.1 Å². The first kappa shape index (κ1) is 33.2. The molecule has 0 aliphatic carbocycles. The summed E-state index contributed by atoms with van der Waals surface area (Å²) in [5.74, 6) is 0.823. The first-order valence-electron chi connectivity index (χ1n) is 16.3. The lowest BCUT2D eigenvalue weighted by Gasteiger charge is -2.39. The third kappa shape index (κ3) is 6.97. The number of anilines is 1. The molecule has 2 unspecified atom stereocenters. The Bertz CT molecular complexity index is 1810. The fraction of sp³-hybridized carbons (Fsp3) is 0.545. The number of carbonyl (C=O) groups is 1. The van der Waals surface area contributed by atoms with Crippen molar-refractivity contribution in [3.63, 3.8) is 0 Å². The van der Waals surface area contributed by atoms with Gasteiger partial charge in [0.1, 0.15) is 23.7 Å². The van der Waals surface area contributed by atoms with Crippen LogP contribution < -0.4 is 10.2 Å². The summed E-state index contributed by atoms with van der Waals surface area (Å²) < 4.78 is 15.4. The summed E-state index contributed by atoms with van der Waals surface area (Å²) >= 11 is 7.07. The van der Waals surface area contributed by atoms with Crippen LogP contribution >= 0.6 is 11.6 Å². The number of carbonyl (C=O) groups excluding carboxylic acids is 1. The molecule has 0 spiro atoms. The Balaban J connectivity index is 1.34. The first-order chi connectivity index (χ1) is 22.2. The van der Waals surface area contributed by atoms with Gasteiger partial charge in [0.15, 0.2) is 5.65 Å². The number of aromatic nitrogens is 5. The van der Waals surface area contributed by atoms with Crippen molar-refractivity contribution < 1.29 is 19.5 Å². The van der Waals surface area contributed by atoms with Crippen LogP contribution in [0.5, 0.6) is 0 Å². The van der Waals surface area contributed by atoms with E-state index in [2.05, 4.69) is 40.1 Å². The number of hydrogen-bond acceptors (Lipinski definition) is 9.